The maximum Gasteiger partial charge on any atom is 0.245 e. The van der Waals surface area contributed by atoms with Gasteiger partial charge in [-0.15, -0.1) is 0 Å². The molecule has 2 aliphatic rings. The lowest BCUT2D eigenvalue weighted by Crippen LogP contribution is -2.54. The number of carbonyl (C=O) groups is 2. The first-order valence-corrected chi connectivity index (χ1v) is 10.1. The molecule has 5 nitrogen and oxygen atoms in total. The second-order valence-corrected chi connectivity index (χ2v) is 7.89. The van der Waals surface area contributed by atoms with Gasteiger partial charge in [0.2, 0.25) is 11.8 Å². The maximum atomic E-state index is 13.3. The number of hydrogen-bond donors (Lipinski definition) is 0. The number of halogens is 1. The molecule has 2 atom stereocenters. The number of rotatable bonds is 4. The maximum absolute atomic E-state index is 13.3. The van der Waals surface area contributed by atoms with Crippen LogP contribution in [0.1, 0.15) is 30.0 Å². The summed E-state index contributed by atoms with van der Waals surface area (Å²) in [6.07, 6.45) is 0.983. The molecule has 0 saturated carbocycles. The second-order valence-electron chi connectivity index (χ2n) is 7.89. The van der Waals surface area contributed by atoms with Gasteiger partial charge in [-0.2, -0.15) is 0 Å². The molecule has 4 rings (SSSR count). The van der Waals surface area contributed by atoms with Crippen molar-refractivity contribution in [3.05, 3.63) is 71.5 Å². The molecule has 0 radical (unpaired) electrons. The van der Waals surface area contributed by atoms with Crippen LogP contribution in [0.4, 0.5) is 4.39 Å². The van der Waals surface area contributed by atoms with E-state index in [4.69, 9.17) is 0 Å². The van der Waals surface area contributed by atoms with E-state index in [0.717, 1.165) is 17.7 Å². The van der Waals surface area contributed by atoms with Crippen LogP contribution in [0, 0.1) is 5.82 Å². The minimum absolute atomic E-state index is 0.0204. The molecule has 2 fully saturated rings. The molecular weight excluding hydrogens is 369 g/mol. The number of likely N-dealkylation sites (tertiary alicyclic amines) is 1. The quantitative estimate of drug-likeness (QED) is 0.800. The Balaban J connectivity index is 1.49. The third-order valence-corrected chi connectivity index (χ3v) is 6.02. The van der Waals surface area contributed by atoms with Crippen molar-refractivity contribution in [3.8, 4) is 0 Å². The Morgan fingerprint density at radius 2 is 1.79 bits per heavy atom. The lowest BCUT2D eigenvalue weighted by atomic mass is 10.0. The van der Waals surface area contributed by atoms with E-state index in [1.165, 1.54) is 12.1 Å². The van der Waals surface area contributed by atoms with E-state index < -0.39 is 6.04 Å². The molecule has 0 bridgehead atoms. The first-order chi connectivity index (χ1) is 14.0. The highest BCUT2D eigenvalue weighted by atomic mass is 19.1. The highest BCUT2D eigenvalue weighted by Gasteiger charge is 2.40. The highest BCUT2D eigenvalue weighted by Crippen LogP contribution is 2.28. The SMILES string of the molecule is CN1CCN(C(=O)C2CCC(=O)N2Cc2ccccc2)CC1c1ccc(F)cc1. The van der Waals surface area contributed by atoms with Crippen LogP contribution in [-0.4, -0.2) is 59.2 Å². The molecular formula is C23H26FN3O2. The van der Waals surface area contributed by atoms with Crippen molar-refractivity contribution in [1.82, 2.24) is 14.7 Å². The van der Waals surface area contributed by atoms with E-state index in [9.17, 15) is 14.0 Å². The molecule has 2 saturated heterocycles. The van der Waals surface area contributed by atoms with Crippen LogP contribution in [0.25, 0.3) is 0 Å². The Kier molecular flexibility index (Phi) is 5.62. The summed E-state index contributed by atoms with van der Waals surface area (Å²) in [6, 6.07) is 15.9. The largest absolute Gasteiger partial charge is 0.338 e. The van der Waals surface area contributed by atoms with Gasteiger partial charge in [0.25, 0.3) is 0 Å². The molecule has 0 N–H and O–H groups in total. The third kappa shape index (κ3) is 4.17. The van der Waals surface area contributed by atoms with Crippen LogP contribution < -0.4 is 0 Å². The van der Waals surface area contributed by atoms with Gasteiger partial charge in [-0.3, -0.25) is 14.5 Å². The molecule has 2 aromatic carbocycles. The summed E-state index contributed by atoms with van der Waals surface area (Å²) in [4.78, 5) is 31.6. The molecule has 0 aromatic heterocycles. The van der Waals surface area contributed by atoms with E-state index >= 15 is 0 Å². The number of benzene rings is 2. The summed E-state index contributed by atoms with van der Waals surface area (Å²) in [6.45, 7) is 2.39. The monoisotopic (exact) mass is 395 g/mol. The van der Waals surface area contributed by atoms with Gasteiger partial charge in [-0.25, -0.2) is 4.39 Å². The minimum atomic E-state index is -0.403. The van der Waals surface area contributed by atoms with Crippen molar-refractivity contribution in [1.29, 1.82) is 0 Å². The highest BCUT2D eigenvalue weighted by molar-refractivity contribution is 5.91. The van der Waals surface area contributed by atoms with Crippen LogP contribution in [0.3, 0.4) is 0 Å². The first-order valence-electron chi connectivity index (χ1n) is 10.1. The number of piperazine rings is 1. The van der Waals surface area contributed by atoms with Crippen LogP contribution in [0.2, 0.25) is 0 Å². The average Bonchev–Trinajstić information content (AvgIpc) is 3.09. The van der Waals surface area contributed by atoms with Crippen molar-refractivity contribution < 1.29 is 14.0 Å². The zero-order valence-corrected chi connectivity index (χ0v) is 16.6. The predicted octanol–water partition coefficient (Wildman–Crippen LogP) is 2.83. The molecule has 6 heteroatoms. The van der Waals surface area contributed by atoms with Crippen molar-refractivity contribution in [3.63, 3.8) is 0 Å². The van der Waals surface area contributed by atoms with Gasteiger partial charge in [-0.05, 0) is 36.7 Å². The number of likely N-dealkylation sites (N-methyl/N-ethyl adjacent to an activating group) is 1. The molecule has 0 spiro atoms. The lowest BCUT2D eigenvalue weighted by molar-refractivity contribution is -0.143. The van der Waals surface area contributed by atoms with Gasteiger partial charge < -0.3 is 9.80 Å². The fourth-order valence-electron chi connectivity index (χ4n) is 4.30. The number of hydrogen-bond acceptors (Lipinski definition) is 3. The Bertz CT molecular complexity index is 871. The van der Waals surface area contributed by atoms with Gasteiger partial charge in [0.15, 0.2) is 0 Å². The summed E-state index contributed by atoms with van der Waals surface area (Å²) in [5, 5.41) is 0. The Labute approximate surface area is 170 Å². The number of carbonyl (C=O) groups excluding carboxylic acids is 2. The number of amides is 2. The van der Waals surface area contributed by atoms with Crippen LogP contribution >= 0.6 is 0 Å². The van der Waals surface area contributed by atoms with E-state index in [-0.39, 0.29) is 23.7 Å². The van der Waals surface area contributed by atoms with Crippen molar-refractivity contribution in [2.45, 2.75) is 31.5 Å². The summed E-state index contributed by atoms with van der Waals surface area (Å²) < 4.78 is 13.3. The Morgan fingerprint density at radius 3 is 2.52 bits per heavy atom. The Morgan fingerprint density at radius 1 is 1.07 bits per heavy atom. The summed E-state index contributed by atoms with van der Waals surface area (Å²) in [5.41, 5.74) is 2.03. The fraction of sp³-hybridized carbons (Fsp3) is 0.391. The molecule has 2 aromatic rings. The summed E-state index contributed by atoms with van der Waals surface area (Å²) >= 11 is 0. The average molecular weight is 395 g/mol. The second kappa shape index (κ2) is 8.33. The molecule has 152 valence electrons. The molecule has 29 heavy (non-hydrogen) atoms. The van der Waals surface area contributed by atoms with Crippen molar-refractivity contribution >= 4 is 11.8 Å². The lowest BCUT2D eigenvalue weighted by Gasteiger charge is -2.41. The summed E-state index contributed by atoms with van der Waals surface area (Å²) in [5.74, 6) is -0.204. The molecule has 2 aliphatic heterocycles. The fourth-order valence-corrected chi connectivity index (χ4v) is 4.30. The number of nitrogens with zero attached hydrogens (tertiary/aromatic N) is 3. The zero-order valence-electron chi connectivity index (χ0n) is 16.6. The standard InChI is InChI=1S/C23H26FN3O2/c1-25-13-14-26(16-21(25)18-7-9-19(24)10-8-18)23(29)20-11-12-22(28)27(20)15-17-5-3-2-4-6-17/h2-10,20-21H,11-16H2,1H3. The van der Waals surface area contributed by atoms with Gasteiger partial charge in [0.05, 0.1) is 6.04 Å². The molecule has 2 unspecified atom stereocenters. The van der Waals surface area contributed by atoms with Gasteiger partial charge in [0, 0.05) is 32.6 Å². The van der Waals surface area contributed by atoms with E-state index in [2.05, 4.69) is 4.90 Å². The van der Waals surface area contributed by atoms with Gasteiger partial charge in [-0.1, -0.05) is 42.5 Å². The molecule has 2 amide bonds. The van der Waals surface area contributed by atoms with Crippen LogP contribution in [0.15, 0.2) is 54.6 Å². The van der Waals surface area contributed by atoms with Gasteiger partial charge >= 0.3 is 0 Å². The smallest absolute Gasteiger partial charge is 0.245 e. The van der Waals surface area contributed by atoms with E-state index in [1.807, 2.05) is 42.3 Å². The van der Waals surface area contributed by atoms with Gasteiger partial charge in [0.1, 0.15) is 11.9 Å². The predicted molar refractivity (Wildman–Crippen MR) is 108 cm³/mol. The van der Waals surface area contributed by atoms with Crippen LogP contribution in [0.5, 0.6) is 0 Å². The van der Waals surface area contributed by atoms with Crippen LogP contribution in [-0.2, 0) is 16.1 Å². The topological polar surface area (TPSA) is 43.9 Å². The van der Waals surface area contributed by atoms with Crippen molar-refractivity contribution in [2.75, 3.05) is 26.7 Å². The Hall–Kier alpha value is -2.73. The first kappa shape index (κ1) is 19.6. The van der Waals surface area contributed by atoms with E-state index in [0.29, 0.717) is 32.5 Å². The van der Waals surface area contributed by atoms with Crippen molar-refractivity contribution in [2.24, 2.45) is 0 Å². The van der Waals surface area contributed by atoms with E-state index in [1.54, 1.807) is 17.0 Å². The summed E-state index contributed by atoms with van der Waals surface area (Å²) in [7, 11) is 2.02. The zero-order chi connectivity index (χ0) is 20.4. The molecule has 2 heterocycles. The normalized spacial score (nSPS) is 22.9. The minimum Gasteiger partial charge on any atom is -0.338 e. The molecule has 0 aliphatic carbocycles. The third-order valence-electron chi connectivity index (χ3n) is 6.02.